The van der Waals surface area contributed by atoms with E-state index >= 15 is 0 Å². The van der Waals surface area contributed by atoms with E-state index in [0.717, 1.165) is 6.42 Å². The maximum Gasteiger partial charge on any atom is 0.260 e. The van der Waals surface area contributed by atoms with E-state index in [-0.39, 0.29) is 10.0 Å². The number of aryl methyl sites for hydroxylation is 1. The van der Waals surface area contributed by atoms with Crippen molar-refractivity contribution in [2.75, 3.05) is 0 Å². The highest BCUT2D eigenvalue weighted by Gasteiger charge is 2.24. The number of terminal acetylenes is 1. The van der Waals surface area contributed by atoms with Crippen molar-refractivity contribution < 1.29 is 8.42 Å². The number of sulfonamides is 1. The Morgan fingerprint density at radius 1 is 1.71 bits per heavy atom. The zero-order valence-electron chi connectivity index (χ0n) is 9.64. The molecule has 0 amide bonds. The number of rotatable bonds is 5. The first kappa shape index (κ1) is 14.0. The van der Waals surface area contributed by atoms with Crippen molar-refractivity contribution in [1.82, 2.24) is 14.5 Å². The van der Waals surface area contributed by atoms with Gasteiger partial charge in [0.2, 0.25) is 0 Å². The van der Waals surface area contributed by atoms with Crippen molar-refractivity contribution in [3.63, 3.8) is 0 Å². The van der Waals surface area contributed by atoms with Gasteiger partial charge in [-0.25, -0.2) is 8.42 Å². The quantitative estimate of drug-likeness (QED) is 0.820. The molecule has 1 rings (SSSR count). The fourth-order valence-electron chi connectivity index (χ4n) is 1.41. The van der Waals surface area contributed by atoms with E-state index < -0.39 is 16.1 Å². The minimum atomic E-state index is -3.74. The van der Waals surface area contributed by atoms with Crippen molar-refractivity contribution in [2.45, 2.75) is 30.8 Å². The van der Waals surface area contributed by atoms with Gasteiger partial charge >= 0.3 is 0 Å². The molecule has 0 bridgehead atoms. The van der Waals surface area contributed by atoms with Crippen LogP contribution in [-0.4, -0.2) is 24.2 Å². The highest BCUT2D eigenvalue weighted by atomic mass is 35.5. The van der Waals surface area contributed by atoms with Gasteiger partial charge in [0.25, 0.3) is 10.0 Å². The Labute approximate surface area is 106 Å². The zero-order chi connectivity index (χ0) is 13.1. The first-order valence-corrected chi connectivity index (χ1v) is 6.94. The van der Waals surface area contributed by atoms with Crippen LogP contribution < -0.4 is 4.72 Å². The molecule has 1 aromatic rings. The Kier molecular flexibility index (Phi) is 4.57. The fraction of sp³-hybridized carbons (Fsp3) is 0.500. The lowest BCUT2D eigenvalue weighted by molar-refractivity contribution is 0.548. The lowest BCUT2D eigenvalue weighted by Crippen LogP contribution is -2.34. The summed E-state index contributed by atoms with van der Waals surface area (Å²) in [7, 11) is -2.23. The third kappa shape index (κ3) is 3.22. The van der Waals surface area contributed by atoms with Crippen molar-refractivity contribution in [2.24, 2.45) is 7.05 Å². The second-order valence-corrected chi connectivity index (χ2v) is 5.59. The van der Waals surface area contributed by atoms with E-state index in [2.05, 4.69) is 15.7 Å². The second kappa shape index (κ2) is 5.54. The van der Waals surface area contributed by atoms with Crippen LogP contribution in [0.15, 0.2) is 11.2 Å². The first-order chi connectivity index (χ1) is 7.92. The minimum absolute atomic E-state index is 0.0736. The molecule has 1 atom stereocenters. The molecule has 0 aromatic carbocycles. The smallest absolute Gasteiger partial charge is 0.255 e. The predicted octanol–water partition coefficient (Wildman–Crippen LogP) is 1.15. The molecule has 7 heteroatoms. The molecule has 1 unspecified atom stereocenters. The van der Waals surface area contributed by atoms with Crippen LogP contribution in [0.1, 0.15) is 19.8 Å². The van der Waals surface area contributed by atoms with Crippen LogP contribution in [-0.2, 0) is 17.1 Å². The summed E-state index contributed by atoms with van der Waals surface area (Å²) in [5, 5.41) is 3.78. The van der Waals surface area contributed by atoms with Crippen LogP contribution in [0.25, 0.3) is 0 Å². The molecule has 0 fully saturated rings. The fourth-order valence-corrected chi connectivity index (χ4v) is 3.26. The number of hydrogen-bond acceptors (Lipinski definition) is 3. The van der Waals surface area contributed by atoms with Crippen molar-refractivity contribution in [3.05, 3.63) is 11.2 Å². The average Bonchev–Trinajstić information content (AvgIpc) is 2.58. The van der Waals surface area contributed by atoms with Crippen LogP contribution in [0.5, 0.6) is 0 Å². The van der Waals surface area contributed by atoms with Gasteiger partial charge in [0.1, 0.15) is 0 Å². The molecule has 0 radical (unpaired) electrons. The zero-order valence-corrected chi connectivity index (χ0v) is 11.2. The van der Waals surface area contributed by atoms with E-state index in [0.29, 0.717) is 6.42 Å². The molecule has 0 saturated carbocycles. The minimum Gasteiger partial charge on any atom is -0.255 e. The number of halogens is 1. The van der Waals surface area contributed by atoms with E-state index in [1.165, 1.54) is 17.9 Å². The molecule has 0 aliphatic rings. The highest BCUT2D eigenvalue weighted by molar-refractivity contribution is 7.89. The Balaban J connectivity index is 3.01. The van der Waals surface area contributed by atoms with Gasteiger partial charge in [-0.15, -0.1) is 6.42 Å². The molecule has 1 heterocycles. The van der Waals surface area contributed by atoms with Crippen LogP contribution in [0.3, 0.4) is 0 Å². The number of nitrogens with zero attached hydrogens (tertiary/aromatic N) is 2. The summed E-state index contributed by atoms with van der Waals surface area (Å²) in [6.45, 7) is 1.93. The van der Waals surface area contributed by atoms with E-state index in [9.17, 15) is 8.42 Å². The maximum atomic E-state index is 12.0. The van der Waals surface area contributed by atoms with Crippen LogP contribution in [0.4, 0.5) is 0 Å². The van der Waals surface area contributed by atoms with E-state index in [1.54, 1.807) is 0 Å². The summed E-state index contributed by atoms with van der Waals surface area (Å²) >= 11 is 5.78. The van der Waals surface area contributed by atoms with Gasteiger partial charge in [0, 0.05) is 7.05 Å². The standard InChI is InChI=1S/C10H14ClN3O2S/c1-4-6-8(5-2)13-17(15,16)10-9(11)7-12-14(10)3/h2,7-8,13H,4,6H2,1,3H3. The molecular weight excluding hydrogens is 262 g/mol. The molecule has 17 heavy (non-hydrogen) atoms. The molecule has 0 aliphatic carbocycles. The lowest BCUT2D eigenvalue weighted by atomic mass is 10.2. The van der Waals surface area contributed by atoms with E-state index in [1.807, 2.05) is 6.92 Å². The maximum absolute atomic E-state index is 12.0. The summed E-state index contributed by atoms with van der Waals surface area (Å²) in [5.74, 6) is 2.40. The van der Waals surface area contributed by atoms with Gasteiger partial charge in [-0.2, -0.15) is 9.82 Å². The molecule has 0 saturated heterocycles. The summed E-state index contributed by atoms with van der Waals surface area (Å²) < 4.78 is 27.7. The summed E-state index contributed by atoms with van der Waals surface area (Å²) in [6.07, 6.45) is 7.90. The Hall–Kier alpha value is -1.03. The van der Waals surface area contributed by atoms with E-state index in [4.69, 9.17) is 18.0 Å². The summed E-state index contributed by atoms with van der Waals surface area (Å²) in [6, 6.07) is -0.532. The topological polar surface area (TPSA) is 64.0 Å². The summed E-state index contributed by atoms with van der Waals surface area (Å²) in [5.41, 5.74) is 0. The first-order valence-electron chi connectivity index (χ1n) is 5.08. The van der Waals surface area contributed by atoms with Gasteiger partial charge in [-0.05, 0) is 6.42 Å². The SMILES string of the molecule is C#CC(CCC)NS(=O)(=O)c1c(Cl)cnn1C. The Morgan fingerprint density at radius 2 is 2.35 bits per heavy atom. The van der Waals surface area contributed by atoms with Gasteiger partial charge in [-0.3, -0.25) is 4.68 Å². The van der Waals surface area contributed by atoms with Crippen molar-refractivity contribution in [1.29, 1.82) is 0 Å². The van der Waals surface area contributed by atoms with Crippen LogP contribution in [0.2, 0.25) is 5.02 Å². The molecule has 5 nitrogen and oxygen atoms in total. The molecule has 0 spiro atoms. The molecular formula is C10H14ClN3O2S. The Bertz CT molecular complexity index is 511. The average molecular weight is 276 g/mol. The molecule has 1 N–H and O–H groups in total. The van der Waals surface area contributed by atoms with Gasteiger partial charge in [-0.1, -0.05) is 30.9 Å². The van der Waals surface area contributed by atoms with Crippen LogP contribution in [0, 0.1) is 12.3 Å². The van der Waals surface area contributed by atoms with Crippen molar-refractivity contribution >= 4 is 21.6 Å². The number of aromatic nitrogens is 2. The van der Waals surface area contributed by atoms with Crippen LogP contribution >= 0.6 is 11.6 Å². The molecule has 94 valence electrons. The summed E-state index contributed by atoms with van der Waals surface area (Å²) in [4.78, 5) is 0. The normalized spacial score (nSPS) is 13.3. The van der Waals surface area contributed by atoms with Gasteiger partial charge in [0.05, 0.1) is 17.3 Å². The Morgan fingerprint density at radius 3 is 2.76 bits per heavy atom. The van der Waals surface area contributed by atoms with Gasteiger partial charge in [0.15, 0.2) is 5.03 Å². The lowest BCUT2D eigenvalue weighted by Gasteiger charge is -2.12. The molecule has 0 aliphatic heterocycles. The molecule has 1 aromatic heterocycles. The largest absolute Gasteiger partial charge is 0.260 e. The third-order valence-electron chi connectivity index (χ3n) is 2.17. The number of hydrogen-bond donors (Lipinski definition) is 1. The van der Waals surface area contributed by atoms with Gasteiger partial charge < -0.3 is 0 Å². The monoisotopic (exact) mass is 275 g/mol. The highest BCUT2D eigenvalue weighted by Crippen LogP contribution is 2.20. The number of nitrogens with one attached hydrogen (secondary N) is 1. The van der Waals surface area contributed by atoms with Crippen molar-refractivity contribution in [3.8, 4) is 12.3 Å². The second-order valence-electron chi connectivity index (χ2n) is 3.55. The third-order valence-corrected chi connectivity index (χ3v) is 4.15. The predicted molar refractivity (Wildman–Crippen MR) is 66.1 cm³/mol.